The second kappa shape index (κ2) is 10.5. The lowest BCUT2D eigenvalue weighted by molar-refractivity contribution is -0.112. The van der Waals surface area contributed by atoms with E-state index in [0.717, 1.165) is 36.1 Å². The Kier molecular flexibility index (Phi) is 7.48. The maximum Gasteiger partial charge on any atom is 0.341 e. The maximum atomic E-state index is 12.9. The molecule has 1 heterocycles. The van der Waals surface area contributed by atoms with Crippen LogP contribution in [0.2, 0.25) is 0 Å². The summed E-state index contributed by atoms with van der Waals surface area (Å²) in [5, 5.41) is 12.8. The predicted molar refractivity (Wildman–Crippen MR) is 120 cm³/mol. The Balaban J connectivity index is 1.91. The quantitative estimate of drug-likeness (QED) is 0.303. The average Bonchev–Trinajstić information content (AvgIpc) is 3.14. The lowest BCUT2D eigenvalue weighted by atomic mass is 9.95. The van der Waals surface area contributed by atoms with Crippen molar-refractivity contribution in [3.63, 3.8) is 0 Å². The number of nitrogens with one attached hydrogen (secondary N) is 1. The minimum Gasteiger partial charge on any atom is -0.480 e. The first-order valence-corrected chi connectivity index (χ1v) is 10.8. The Morgan fingerprint density at radius 1 is 1.29 bits per heavy atom. The second-order valence-corrected chi connectivity index (χ2v) is 7.90. The van der Waals surface area contributed by atoms with Crippen molar-refractivity contribution in [1.82, 2.24) is 0 Å². The van der Waals surface area contributed by atoms with Crippen LogP contribution in [0.4, 0.5) is 5.00 Å². The molecule has 3 rings (SSSR count). The van der Waals surface area contributed by atoms with Crippen molar-refractivity contribution < 1.29 is 19.1 Å². The number of rotatable bonds is 7. The van der Waals surface area contributed by atoms with Gasteiger partial charge in [-0.25, -0.2) is 4.79 Å². The van der Waals surface area contributed by atoms with Gasteiger partial charge in [-0.15, -0.1) is 17.8 Å². The molecule has 0 saturated carbocycles. The molecular formula is C24H22N2O4S. The highest BCUT2D eigenvalue weighted by atomic mass is 32.1. The molecule has 0 bridgehead atoms. The number of aryl methyl sites for hydroxylation is 1. The number of nitriles is 1. The fourth-order valence-electron chi connectivity index (χ4n) is 3.40. The zero-order valence-corrected chi connectivity index (χ0v) is 18.0. The lowest BCUT2D eigenvalue weighted by Gasteiger charge is -2.12. The first-order valence-electron chi connectivity index (χ1n) is 9.99. The number of hydrogen-bond donors (Lipinski definition) is 1. The maximum absolute atomic E-state index is 12.9. The van der Waals surface area contributed by atoms with Crippen LogP contribution in [0.15, 0.2) is 29.8 Å². The zero-order chi connectivity index (χ0) is 22.2. The number of anilines is 1. The van der Waals surface area contributed by atoms with Crippen LogP contribution in [-0.4, -0.2) is 25.1 Å². The van der Waals surface area contributed by atoms with Crippen molar-refractivity contribution in [3.05, 3.63) is 51.4 Å². The van der Waals surface area contributed by atoms with Crippen LogP contribution >= 0.6 is 11.3 Å². The van der Waals surface area contributed by atoms with Crippen LogP contribution in [0, 0.1) is 23.7 Å². The fourth-order valence-corrected chi connectivity index (χ4v) is 4.67. The number of benzene rings is 1. The summed E-state index contributed by atoms with van der Waals surface area (Å²) in [6, 6.07) is 8.91. The third-order valence-electron chi connectivity index (χ3n) is 4.77. The van der Waals surface area contributed by atoms with Gasteiger partial charge in [0.1, 0.15) is 29.0 Å². The number of ether oxygens (including phenoxy) is 2. The van der Waals surface area contributed by atoms with Crippen molar-refractivity contribution in [2.45, 2.75) is 32.6 Å². The summed E-state index contributed by atoms with van der Waals surface area (Å²) in [7, 11) is 0. The molecule has 1 aliphatic rings. The lowest BCUT2D eigenvalue weighted by Crippen LogP contribution is -2.16. The van der Waals surface area contributed by atoms with Crippen molar-refractivity contribution in [3.8, 4) is 24.2 Å². The van der Waals surface area contributed by atoms with E-state index in [-0.39, 0.29) is 18.8 Å². The van der Waals surface area contributed by atoms with Crippen LogP contribution in [0.1, 0.15) is 46.1 Å². The van der Waals surface area contributed by atoms with Gasteiger partial charge in [-0.05, 0) is 50.3 Å². The largest absolute Gasteiger partial charge is 0.480 e. The first kappa shape index (κ1) is 22.1. The molecule has 0 spiro atoms. The van der Waals surface area contributed by atoms with Gasteiger partial charge in [-0.2, -0.15) is 5.26 Å². The number of para-hydroxylation sites is 1. The standard InChI is InChI=1S/C24H22N2O4S/c1-3-13-30-19-11-7-5-9-16(19)14-17(15-25)22(27)26-23-21(24(28)29-4-2)18-10-6-8-12-20(18)31-23/h1,5,7,9,11,14H,4,6,8,10,12-13H2,2H3,(H,26,27). The van der Waals surface area contributed by atoms with Crippen LogP contribution in [0.25, 0.3) is 6.08 Å². The van der Waals surface area contributed by atoms with Crippen molar-refractivity contribution in [2.24, 2.45) is 0 Å². The molecule has 0 aliphatic heterocycles. The number of hydrogen-bond acceptors (Lipinski definition) is 6. The van der Waals surface area contributed by atoms with Crippen molar-refractivity contribution in [1.29, 1.82) is 5.26 Å². The Labute approximate surface area is 185 Å². The molecule has 31 heavy (non-hydrogen) atoms. The van der Waals surface area contributed by atoms with Crippen molar-refractivity contribution >= 4 is 34.3 Å². The number of thiophene rings is 1. The normalized spacial score (nSPS) is 12.8. The molecule has 0 saturated heterocycles. The van der Waals surface area contributed by atoms with Crippen LogP contribution in [-0.2, 0) is 22.4 Å². The van der Waals surface area contributed by atoms with E-state index in [0.29, 0.717) is 21.9 Å². The molecule has 7 heteroatoms. The summed E-state index contributed by atoms with van der Waals surface area (Å²) < 4.78 is 10.7. The number of fused-ring (bicyclic) bond motifs is 1. The summed E-state index contributed by atoms with van der Waals surface area (Å²) in [5.41, 5.74) is 1.80. The SMILES string of the molecule is C#CCOc1ccccc1C=C(C#N)C(=O)Nc1sc2c(c1C(=O)OCC)CCCC2. The molecule has 0 atom stereocenters. The summed E-state index contributed by atoms with van der Waals surface area (Å²) in [6.07, 6.45) is 10.4. The minimum absolute atomic E-state index is 0.0720. The van der Waals surface area contributed by atoms with E-state index >= 15 is 0 Å². The van der Waals surface area contributed by atoms with Gasteiger partial charge in [0.05, 0.1) is 12.2 Å². The molecule has 0 radical (unpaired) electrons. The summed E-state index contributed by atoms with van der Waals surface area (Å²) in [4.78, 5) is 26.6. The highest BCUT2D eigenvalue weighted by Gasteiger charge is 2.27. The highest BCUT2D eigenvalue weighted by molar-refractivity contribution is 7.17. The summed E-state index contributed by atoms with van der Waals surface area (Å²) in [5.74, 6) is 1.81. The molecule has 0 unspecified atom stereocenters. The second-order valence-electron chi connectivity index (χ2n) is 6.79. The Hall–Kier alpha value is -3.55. The predicted octanol–water partition coefficient (Wildman–Crippen LogP) is 4.36. The van der Waals surface area contributed by atoms with E-state index in [9.17, 15) is 14.9 Å². The molecule has 0 fully saturated rings. The molecule has 2 aromatic rings. The number of nitrogens with zero attached hydrogens (tertiary/aromatic N) is 1. The van der Waals surface area contributed by atoms with Crippen LogP contribution in [0.5, 0.6) is 5.75 Å². The Morgan fingerprint density at radius 2 is 2.06 bits per heavy atom. The molecule has 158 valence electrons. The third-order valence-corrected chi connectivity index (χ3v) is 5.98. The third kappa shape index (κ3) is 5.14. The van der Waals surface area contributed by atoms with E-state index in [1.807, 2.05) is 6.07 Å². The van der Waals surface area contributed by atoms with Gasteiger partial charge in [0.15, 0.2) is 0 Å². The first-order chi connectivity index (χ1) is 15.1. The number of amides is 1. The van der Waals surface area contributed by atoms with Gasteiger partial charge in [-0.3, -0.25) is 4.79 Å². The van der Waals surface area contributed by atoms with Gasteiger partial charge in [-0.1, -0.05) is 24.1 Å². The Morgan fingerprint density at radius 3 is 2.81 bits per heavy atom. The monoisotopic (exact) mass is 434 g/mol. The topological polar surface area (TPSA) is 88.4 Å². The molecule has 1 amide bonds. The van der Waals surface area contributed by atoms with Crippen LogP contribution < -0.4 is 10.1 Å². The van der Waals surface area contributed by atoms with E-state index in [1.165, 1.54) is 17.4 Å². The Bertz CT molecular complexity index is 1100. The summed E-state index contributed by atoms with van der Waals surface area (Å²) in [6.45, 7) is 2.06. The number of carbonyl (C=O) groups is 2. The fraction of sp³-hybridized carbons (Fsp3) is 0.292. The van der Waals surface area contributed by atoms with E-state index < -0.39 is 11.9 Å². The molecule has 1 aliphatic carbocycles. The van der Waals surface area contributed by atoms with Crippen LogP contribution in [0.3, 0.4) is 0 Å². The number of carbonyl (C=O) groups excluding carboxylic acids is 2. The molecule has 1 aromatic heterocycles. The highest BCUT2D eigenvalue weighted by Crippen LogP contribution is 2.38. The molecule has 6 nitrogen and oxygen atoms in total. The zero-order valence-electron chi connectivity index (χ0n) is 17.2. The van der Waals surface area contributed by atoms with Gasteiger partial charge in [0.2, 0.25) is 0 Å². The number of terminal acetylenes is 1. The minimum atomic E-state index is -0.599. The average molecular weight is 435 g/mol. The van der Waals surface area contributed by atoms with Gasteiger partial charge >= 0.3 is 5.97 Å². The molecule has 1 aromatic carbocycles. The summed E-state index contributed by atoms with van der Waals surface area (Å²) >= 11 is 1.38. The number of esters is 1. The molecule has 1 N–H and O–H groups in total. The van der Waals surface area contributed by atoms with Gasteiger partial charge < -0.3 is 14.8 Å². The van der Waals surface area contributed by atoms with Gasteiger partial charge in [0, 0.05) is 10.4 Å². The molecular weight excluding hydrogens is 412 g/mol. The smallest absolute Gasteiger partial charge is 0.341 e. The van der Waals surface area contributed by atoms with Crippen molar-refractivity contribution in [2.75, 3.05) is 18.5 Å². The van der Waals surface area contributed by atoms with E-state index in [1.54, 1.807) is 31.2 Å². The van der Waals surface area contributed by atoms with E-state index in [2.05, 4.69) is 11.2 Å². The van der Waals surface area contributed by atoms with E-state index in [4.69, 9.17) is 15.9 Å². The van der Waals surface area contributed by atoms with Gasteiger partial charge in [0.25, 0.3) is 5.91 Å².